The van der Waals surface area contributed by atoms with Crippen LogP contribution in [-0.4, -0.2) is 33.6 Å². The monoisotopic (exact) mass is 312 g/mol. The molecule has 1 fully saturated rings. The van der Waals surface area contributed by atoms with E-state index in [-0.39, 0.29) is 0 Å². The molecule has 1 aromatic heterocycles. The highest BCUT2D eigenvalue weighted by atomic mass is 16.4. The van der Waals surface area contributed by atoms with Crippen molar-refractivity contribution in [1.82, 2.24) is 9.47 Å². The van der Waals surface area contributed by atoms with Gasteiger partial charge < -0.3 is 9.67 Å². The van der Waals surface area contributed by atoms with Gasteiger partial charge in [-0.3, -0.25) is 9.69 Å². The van der Waals surface area contributed by atoms with E-state index in [0.29, 0.717) is 0 Å². The number of carboxylic acid groups (broad SMARTS) is 1. The SMILES string of the molecule is Cn1c2c(c3ccccc31)CCN1CCCC(C)(C(=O)O)C21C. The highest BCUT2D eigenvalue weighted by Gasteiger charge is 2.59. The minimum Gasteiger partial charge on any atom is -0.481 e. The molecule has 0 spiro atoms. The first kappa shape index (κ1) is 14.8. The fraction of sp³-hybridized carbons (Fsp3) is 0.526. The van der Waals surface area contributed by atoms with Gasteiger partial charge in [-0.05, 0) is 51.3 Å². The Kier molecular flexibility index (Phi) is 2.95. The van der Waals surface area contributed by atoms with Gasteiger partial charge in [0, 0.05) is 30.2 Å². The first-order chi connectivity index (χ1) is 10.9. The standard InChI is InChI=1S/C19H24N2O2/c1-18(17(22)23)10-6-11-21-12-9-14-13-7-4-5-8-15(13)20(3)16(14)19(18,21)2/h4-5,7-8H,6,9-12H2,1-3H3,(H,22,23). The Morgan fingerprint density at radius 2 is 1.96 bits per heavy atom. The van der Waals surface area contributed by atoms with E-state index in [9.17, 15) is 9.90 Å². The van der Waals surface area contributed by atoms with Gasteiger partial charge in [0.1, 0.15) is 0 Å². The van der Waals surface area contributed by atoms with E-state index in [1.54, 1.807) is 0 Å². The average molecular weight is 312 g/mol. The lowest BCUT2D eigenvalue weighted by Gasteiger charge is -2.56. The molecule has 1 N–H and O–H groups in total. The Hall–Kier alpha value is -1.81. The Bertz CT molecular complexity index is 809. The van der Waals surface area contributed by atoms with Crippen molar-refractivity contribution in [3.63, 3.8) is 0 Å². The van der Waals surface area contributed by atoms with Gasteiger partial charge in [-0.15, -0.1) is 0 Å². The number of aromatic nitrogens is 1. The van der Waals surface area contributed by atoms with Crippen molar-refractivity contribution in [2.45, 2.75) is 38.6 Å². The molecular formula is C19H24N2O2. The maximum Gasteiger partial charge on any atom is 0.311 e. The Labute approximate surface area is 136 Å². The number of para-hydroxylation sites is 1. The normalized spacial score (nSPS) is 30.9. The molecule has 2 aliphatic rings. The van der Waals surface area contributed by atoms with Crippen molar-refractivity contribution < 1.29 is 9.90 Å². The van der Waals surface area contributed by atoms with Crippen LogP contribution in [0.1, 0.15) is 37.9 Å². The minimum atomic E-state index is -0.761. The van der Waals surface area contributed by atoms with Gasteiger partial charge in [-0.1, -0.05) is 18.2 Å². The van der Waals surface area contributed by atoms with Crippen molar-refractivity contribution in [2.24, 2.45) is 12.5 Å². The lowest BCUT2D eigenvalue weighted by Crippen LogP contribution is -2.63. The molecule has 122 valence electrons. The van der Waals surface area contributed by atoms with Crippen LogP contribution in [0.2, 0.25) is 0 Å². The summed E-state index contributed by atoms with van der Waals surface area (Å²) in [6, 6.07) is 8.45. The van der Waals surface area contributed by atoms with Crippen molar-refractivity contribution in [3.05, 3.63) is 35.5 Å². The Balaban J connectivity index is 2.07. The summed E-state index contributed by atoms with van der Waals surface area (Å²) in [7, 11) is 2.09. The fourth-order valence-corrected chi connectivity index (χ4v) is 5.09. The van der Waals surface area contributed by atoms with E-state index in [0.717, 1.165) is 32.4 Å². The Morgan fingerprint density at radius 1 is 1.22 bits per heavy atom. The largest absolute Gasteiger partial charge is 0.481 e. The molecule has 23 heavy (non-hydrogen) atoms. The highest BCUT2D eigenvalue weighted by molar-refractivity contribution is 5.87. The van der Waals surface area contributed by atoms with Crippen LogP contribution in [0.25, 0.3) is 10.9 Å². The van der Waals surface area contributed by atoms with E-state index < -0.39 is 16.9 Å². The van der Waals surface area contributed by atoms with E-state index in [1.165, 1.54) is 22.2 Å². The maximum atomic E-state index is 12.2. The average Bonchev–Trinajstić information content (AvgIpc) is 2.83. The second-order valence-electron chi connectivity index (χ2n) is 7.45. The number of hydrogen-bond donors (Lipinski definition) is 1. The minimum absolute atomic E-state index is 0.460. The number of benzene rings is 1. The molecule has 0 amide bonds. The lowest BCUT2D eigenvalue weighted by molar-refractivity contribution is -0.167. The smallest absolute Gasteiger partial charge is 0.311 e. The van der Waals surface area contributed by atoms with Crippen LogP contribution in [-0.2, 0) is 23.8 Å². The summed E-state index contributed by atoms with van der Waals surface area (Å²) in [5.74, 6) is -0.678. The van der Waals surface area contributed by atoms with E-state index in [4.69, 9.17) is 0 Å². The molecule has 0 radical (unpaired) electrons. The van der Waals surface area contributed by atoms with Crippen LogP contribution in [0, 0.1) is 5.41 Å². The van der Waals surface area contributed by atoms with Crippen molar-refractivity contribution in [3.8, 4) is 0 Å². The summed E-state index contributed by atoms with van der Waals surface area (Å²) in [4.78, 5) is 14.6. The number of nitrogens with zero attached hydrogens (tertiary/aromatic N) is 2. The number of aliphatic carboxylic acids is 1. The second-order valence-corrected chi connectivity index (χ2v) is 7.45. The number of rotatable bonds is 1. The molecule has 2 aromatic rings. The molecule has 2 aliphatic heterocycles. The molecule has 1 aromatic carbocycles. The van der Waals surface area contributed by atoms with Crippen molar-refractivity contribution in [1.29, 1.82) is 0 Å². The van der Waals surface area contributed by atoms with Crippen LogP contribution in [0.4, 0.5) is 0 Å². The number of carbonyl (C=O) groups is 1. The van der Waals surface area contributed by atoms with E-state index in [2.05, 4.69) is 47.7 Å². The predicted octanol–water partition coefficient (Wildman–Crippen LogP) is 3.14. The zero-order valence-corrected chi connectivity index (χ0v) is 14.1. The topological polar surface area (TPSA) is 45.5 Å². The maximum absolute atomic E-state index is 12.2. The molecule has 2 atom stereocenters. The van der Waals surface area contributed by atoms with Crippen LogP contribution >= 0.6 is 0 Å². The molecule has 1 saturated heterocycles. The van der Waals surface area contributed by atoms with Crippen molar-refractivity contribution >= 4 is 16.9 Å². The zero-order valence-electron chi connectivity index (χ0n) is 14.1. The fourth-order valence-electron chi connectivity index (χ4n) is 5.09. The third-order valence-electron chi connectivity index (χ3n) is 6.59. The van der Waals surface area contributed by atoms with Gasteiger partial charge in [-0.2, -0.15) is 0 Å². The predicted molar refractivity (Wildman–Crippen MR) is 90.5 cm³/mol. The molecule has 3 heterocycles. The van der Waals surface area contributed by atoms with Crippen LogP contribution in [0.3, 0.4) is 0 Å². The first-order valence-corrected chi connectivity index (χ1v) is 8.46. The molecule has 2 unspecified atom stereocenters. The number of piperidine rings is 1. The summed E-state index contributed by atoms with van der Waals surface area (Å²) in [6.07, 6.45) is 2.69. The highest BCUT2D eigenvalue weighted by Crippen LogP contribution is 2.54. The first-order valence-electron chi connectivity index (χ1n) is 8.46. The molecule has 0 aliphatic carbocycles. The van der Waals surface area contributed by atoms with E-state index >= 15 is 0 Å². The number of fused-ring (bicyclic) bond motifs is 5. The lowest BCUT2D eigenvalue weighted by atomic mass is 9.62. The quantitative estimate of drug-likeness (QED) is 0.880. The molecule has 4 rings (SSSR count). The molecule has 0 saturated carbocycles. The van der Waals surface area contributed by atoms with Gasteiger partial charge >= 0.3 is 5.97 Å². The summed E-state index contributed by atoms with van der Waals surface area (Å²) in [5, 5.41) is 11.3. The summed E-state index contributed by atoms with van der Waals surface area (Å²) >= 11 is 0. The van der Waals surface area contributed by atoms with Gasteiger partial charge in [-0.25, -0.2) is 0 Å². The van der Waals surface area contributed by atoms with Gasteiger partial charge in [0.2, 0.25) is 0 Å². The molecule has 4 nitrogen and oxygen atoms in total. The molecule has 0 bridgehead atoms. The second kappa shape index (κ2) is 4.60. The van der Waals surface area contributed by atoms with Crippen LogP contribution in [0.15, 0.2) is 24.3 Å². The van der Waals surface area contributed by atoms with Crippen molar-refractivity contribution in [2.75, 3.05) is 13.1 Å². The molecular weight excluding hydrogens is 288 g/mol. The van der Waals surface area contributed by atoms with Gasteiger partial charge in [0.15, 0.2) is 0 Å². The molecule has 4 heteroatoms. The van der Waals surface area contributed by atoms with Gasteiger partial charge in [0.05, 0.1) is 11.0 Å². The van der Waals surface area contributed by atoms with E-state index in [1.807, 2.05) is 6.92 Å². The number of hydrogen-bond acceptors (Lipinski definition) is 2. The van der Waals surface area contributed by atoms with Crippen LogP contribution in [0.5, 0.6) is 0 Å². The van der Waals surface area contributed by atoms with Crippen LogP contribution < -0.4 is 0 Å². The summed E-state index contributed by atoms with van der Waals surface area (Å²) in [6.45, 7) is 6.02. The number of carboxylic acids is 1. The summed E-state index contributed by atoms with van der Waals surface area (Å²) in [5.41, 5.74) is 2.53. The summed E-state index contributed by atoms with van der Waals surface area (Å²) < 4.78 is 2.24. The zero-order chi connectivity index (χ0) is 16.4. The third kappa shape index (κ3) is 1.62. The third-order valence-corrected chi connectivity index (χ3v) is 6.59. The number of aryl methyl sites for hydroxylation is 1. The van der Waals surface area contributed by atoms with Gasteiger partial charge in [0.25, 0.3) is 0 Å². The Morgan fingerprint density at radius 3 is 2.70 bits per heavy atom.